The maximum atomic E-state index is 10.4. The molecule has 17 heavy (non-hydrogen) atoms. The van der Waals surface area contributed by atoms with Crippen LogP contribution in [0, 0.1) is 0 Å². The number of carbonyl (C=O) groups is 1. The lowest BCUT2D eigenvalue weighted by atomic mass is 9.98. The van der Waals surface area contributed by atoms with Gasteiger partial charge < -0.3 is 21.1 Å². The van der Waals surface area contributed by atoms with Crippen LogP contribution in [0.4, 0.5) is 4.79 Å². The van der Waals surface area contributed by atoms with E-state index in [9.17, 15) is 4.79 Å². The van der Waals surface area contributed by atoms with E-state index in [1.54, 1.807) is 0 Å². The van der Waals surface area contributed by atoms with Crippen molar-refractivity contribution >= 4 is 6.03 Å². The van der Waals surface area contributed by atoms with Gasteiger partial charge in [-0.3, -0.25) is 0 Å². The third-order valence-electron chi connectivity index (χ3n) is 3.83. The number of nitrogens with one attached hydrogen (secondary N) is 2. The van der Waals surface area contributed by atoms with E-state index in [1.165, 1.54) is 32.1 Å². The highest BCUT2D eigenvalue weighted by molar-refractivity contribution is 5.71. The van der Waals surface area contributed by atoms with E-state index in [4.69, 9.17) is 10.5 Å². The molecule has 0 bridgehead atoms. The molecule has 2 fully saturated rings. The molecular formula is C12H23N3O2. The molecule has 98 valence electrons. The van der Waals surface area contributed by atoms with Crippen LogP contribution in [0.25, 0.3) is 0 Å². The number of primary amides is 1. The number of rotatable bonds is 5. The minimum Gasteiger partial charge on any atom is -0.370 e. The van der Waals surface area contributed by atoms with E-state index in [-0.39, 0.29) is 5.60 Å². The Hall–Kier alpha value is -0.810. The van der Waals surface area contributed by atoms with E-state index >= 15 is 0 Å². The average molecular weight is 241 g/mol. The number of hydrogen-bond acceptors (Lipinski definition) is 3. The maximum absolute atomic E-state index is 10.4. The van der Waals surface area contributed by atoms with Crippen molar-refractivity contribution in [3.63, 3.8) is 0 Å². The number of ether oxygens (including phenoxy) is 1. The van der Waals surface area contributed by atoms with Crippen LogP contribution < -0.4 is 16.4 Å². The average Bonchev–Trinajstić information content (AvgIpc) is 2.89. The van der Waals surface area contributed by atoms with Crippen LogP contribution >= 0.6 is 0 Å². The summed E-state index contributed by atoms with van der Waals surface area (Å²) in [6.07, 6.45) is 7.86. The number of urea groups is 1. The van der Waals surface area contributed by atoms with Crippen molar-refractivity contribution in [2.24, 2.45) is 5.73 Å². The first-order valence-electron chi connectivity index (χ1n) is 6.62. The SMILES string of the molecule is NC(=O)NCCNCC1CCC2(CCCC2)O1. The lowest BCUT2D eigenvalue weighted by Gasteiger charge is -2.23. The molecule has 1 heterocycles. The summed E-state index contributed by atoms with van der Waals surface area (Å²) in [5.74, 6) is 0. The van der Waals surface area contributed by atoms with Gasteiger partial charge in [0.15, 0.2) is 0 Å². The normalized spacial score (nSPS) is 26.5. The molecule has 2 amide bonds. The molecule has 0 aromatic carbocycles. The largest absolute Gasteiger partial charge is 0.370 e. The van der Waals surface area contributed by atoms with E-state index in [0.29, 0.717) is 12.6 Å². The number of nitrogens with two attached hydrogens (primary N) is 1. The second-order valence-corrected chi connectivity index (χ2v) is 5.16. The van der Waals surface area contributed by atoms with Gasteiger partial charge in [-0.15, -0.1) is 0 Å². The van der Waals surface area contributed by atoms with Crippen molar-refractivity contribution in [3.8, 4) is 0 Å². The standard InChI is InChI=1S/C12H23N3O2/c13-11(16)15-8-7-14-9-10-3-6-12(17-10)4-1-2-5-12/h10,14H,1-9H2,(H3,13,15,16). The molecule has 0 aromatic heterocycles. The Morgan fingerprint density at radius 1 is 1.29 bits per heavy atom. The van der Waals surface area contributed by atoms with Crippen molar-refractivity contribution in [2.45, 2.75) is 50.2 Å². The van der Waals surface area contributed by atoms with Gasteiger partial charge in [0.25, 0.3) is 0 Å². The van der Waals surface area contributed by atoms with E-state index in [2.05, 4.69) is 10.6 Å². The van der Waals surface area contributed by atoms with Gasteiger partial charge in [-0.1, -0.05) is 12.8 Å². The zero-order valence-electron chi connectivity index (χ0n) is 10.3. The summed E-state index contributed by atoms with van der Waals surface area (Å²) >= 11 is 0. The first-order chi connectivity index (χ1) is 8.20. The van der Waals surface area contributed by atoms with Crippen LogP contribution in [-0.4, -0.2) is 37.4 Å². The molecule has 0 radical (unpaired) electrons. The summed E-state index contributed by atoms with van der Waals surface area (Å²) in [4.78, 5) is 10.4. The third kappa shape index (κ3) is 3.57. The molecule has 1 atom stereocenters. The van der Waals surface area contributed by atoms with Crippen LogP contribution in [0.1, 0.15) is 38.5 Å². The number of carbonyl (C=O) groups excluding carboxylic acids is 1. The quantitative estimate of drug-likeness (QED) is 0.621. The zero-order valence-corrected chi connectivity index (χ0v) is 10.3. The zero-order chi connectivity index (χ0) is 12.1. The summed E-state index contributed by atoms with van der Waals surface area (Å²) in [5, 5.41) is 5.85. The summed E-state index contributed by atoms with van der Waals surface area (Å²) in [6.45, 7) is 2.20. The first kappa shape index (κ1) is 12.6. The summed E-state index contributed by atoms with van der Waals surface area (Å²) in [5.41, 5.74) is 5.19. The Kier molecular flexibility index (Phi) is 4.23. The second kappa shape index (κ2) is 5.69. The summed E-state index contributed by atoms with van der Waals surface area (Å²) in [6, 6.07) is -0.464. The van der Waals surface area contributed by atoms with Crippen molar-refractivity contribution < 1.29 is 9.53 Å². The van der Waals surface area contributed by atoms with Gasteiger partial charge in [0.2, 0.25) is 0 Å². The predicted octanol–water partition coefficient (Wildman–Crippen LogP) is 0.736. The molecule has 4 N–H and O–H groups in total. The fraction of sp³-hybridized carbons (Fsp3) is 0.917. The minimum atomic E-state index is -0.464. The number of hydrogen-bond donors (Lipinski definition) is 3. The minimum absolute atomic E-state index is 0.220. The van der Waals surface area contributed by atoms with Crippen molar-refractivity contribution in [3.05, 3.63) is 0 Å². The smallest absolute Gasteiger partial charge is 0.312 e. The molecule has 1 aliphatic carbocycles. The van der Waals surface area contributed by atoms with Gasteiger partial charge in [0.05, 0.1) is 11.7 Å². The van der Waals surface area contributed by atoms with Crippen molar-refractivity contribution in [2.75, 3.05) is 19.6 Å². The first-order valence-corrected chi connectivity index (χ1v) is 6.62. The molecule has 1 unspecified atom stereocenters. The Bertz CT molecular complexity index is 264. The van der Waals surface area contributed by atoms with Gasteiger partial charge >= 0.3 is 6.03 Å². The Morgan fingerprint density at radius 3 is 2.76 bits per heavy atom. The van der Waals surface area contributed by atoms with Crippen molar-refractivity contribution in [1.29, 1.82) is 0 Å². The van der Waals surface area contributed by atoms with Crippen LogP contribution in [0.3, 0.4) is 0 Å². The Morgan fingerprint density at radius 2 is 2.06 bits per heavy atom. The molecule has 1 saturated carbocycles. The molecule has 5 heteroatoms. The Labute approximate surface area is 102 Å². The lowest BCUT2D eigenvalue weighted by Crippen LogP contribution is -2.38. The van der Waals surface area contributed by atoms with Crippen LogP contribution in [-0.2, 0) is 4.74 Å². The fourth-order valence-electron chi connectivity index (χ4n) is 2.96. The highest BCUT2D eigenvalue weighted by Crippen LogP contribution is 2.42. The molecule has 2 aliphatic rings. The van der Waals surface area contributed by atoms with E-state index < -0.39 is 6.03 Å². The highest BCUT2D eigenvalue weighted by Gasteiger charge is 2.41. The summed E-state index contributed by atoms with van der Waals surface area (Å²) < 4.78 is 6.16. The van der Waals surface area contributed by atoms with Gasteiger partial charge in [0.1, 0.15) is 0 Å². The maximum Gasteiger partial charge on any atom is 0.312 e. The topological polar surface area (TPSA) is 76.4 Å². The molecule has 2 rings (SSSR count). The van der Waals surface area contributed by atoms with Crippen LogP contribution in [0.2, 0.25) is 0 Å². The molecule has 1 spiro atoms. The predicted molar refractivity (Wildman–Crippen MR) is 65.8 cm³/mol. The Balaban J connectivity index is 1.57. The van der Waals surface area contributed by atoms with Gasteiger partial charge in [-0.25, -0.2) is 4.79 Å². The molecule has 1 saturated heterocycles. The van der Waals surface area contributed by atoms with Gasteiger partial charge in [-0.2, -0.15) is 0 Å². The molecule has 1 aliphatic heterocycles. The second-order valence-electron chi connectivity index (χ2n) is 5.16. The molecule has 5 nitrogen and oxygen atoms in total. The number of amides is 2. The molecule has 0 aromatic rings. The van der Waals surface area contributed by atoms with Crippen molar-refractivity contribution in [1.82, 2.24) is 10.6 Å². The van der Waals surface area contributed by atoms with Crippen LogP contribution in [0.15, 0.2) is 0 Å². The van der Waals surface area contributed by atoms with E-state index in [1.807, 2.05) is 0 Å². The fourth-order valence-corrected chi connectivity index (χ4v) is 2.96. The van der Waals surface area contributed by atoms with Gasteiger partial charge in [0, 0.05) is 19.6 Å². The summed E-state index contributed by atoms with van der Waals surface area (Å²) in [7, 11) is 0. The lowest BCUT2D eigenvalue weighted by molar-refractivity contribution is -0.0349. The third-order valence-corrected chi connectivity index (χ3v) is 3.83. The molecular weight excluding hydrogens is 218 g/mol. The van der Waals surface area contributed by atoms with Gasteiger partial charge in [-0.05, 0) is 25.7 Å². The monoisotopic (exact) mass is 241 g/mol. The van der Waals surface area contributed by atoms with Crippen LogP contribution in [0.5, 0.6) is 0 Å². The van der Waals surface area contributed by atoms with E-state index in [0.717, 1.165) is 19.5 Å². The highest BCUT2D eigenvalue weighted by atomic mass is 16.5.